The van der Waals surface area contributed by atoms with E-state index in [0.29, 0.717) is 10.8 Å². The van der Waals surface area contributed by atoms with Crippen LogP contribution >= 0.6 is 11.3 Å². The van der Waals surface area contributed by atoms with Gasteiger partial charge in [-0.25, -0.2) is 8.42 Å². The molecule has 1 aromatic rings. The third kappa shape index (κ3) is 5.06. The summed E-state index contributed by atoms with van der Waals surface area (Å²) in [6.07, 6.45) is 2.73. The van der Waals surface area contributed by atoms with Gasteiger partial charge in [-0.1, -0.05) is 27.2 Å². The summed E-state index contributed by atoms with van der Waals surface area (Å²) in [6, 6.07) is 1.85. The minimum atomic E-state index is -3.36. The second-order valence-corrected chi connectivity index (χ2v) is 8.31. The summed E-state index contributed by atoms with van der Waals surface area (Å²) in [4.78, 5) is 0. The zero-order valence-electron chi connectivity index (χ0n) is 13.6. The lowest BCUT2D eigenvalue weighted by Crippen LogP contribution is -2.38. The molecule has 0 saturated heterocycles. The summed E-state index contributed by atoms with van der Waals surface area (Å²) >= 11 is 1.33. The molecule has 0 amide bonds. The lowest BCUT2D eigenvalue weighted by atomic mass is 10.2. The molecule has 0 aliphatic rings. The lowest BCUT2D eigenvalue weighted by Gasteiger charge is -2.26. The molecule has 0 bridgehead atoms. The number of thiophene rings is 1. The maximum absolute atomic E-state index is 12.8. The zero-order chi connectivity index (χ0) is 15.9. The Kier molecular flexibility index (Phi) is 7.87. The summed E-state index contributed by atoms with van der Waals surface area (Å²) < 4.78 is 27.8. The Morgan fingerprint density at radius 1 is 1.33 bits per heavy atom. The van der Waals surface area contributed by atoms with Crippen LogP contribution < -0.4 is 5.32 Å². The van der Waals surface area contributed by atoms with Gasteiger partial charge < -0.3 is 5.32 Å². The maximum atomic E-state index is 12.8. The highest BCUT2D eigenvalue weighted by Crippen LogP contribution is 2.26. The molecule has 0 radical (unpaired) electrons. The summed E-state index contributed by atoms with van der Waals surface area (Å²) in [5, 5.41) is 5.16. The number of sulfonamides is 1. The van der Waals surface area contributed by atoms with Crippen molar-refractivity contribution in [2.45, 2.75) is 63.8 Å². The largest absolute Gasteiger partial charge is 0.313 e. The minimum absolute atomic E-state index is 0.0425. The predicted molar refractivity (Wildman–Crippen MR) is 90.3 cm³/mol. The normalized spacial score (nSPS) is 13.8. The summed E-state index contributed by atoms with van der Waals surface area (Å²) in [6.45, 7) is 10.4. The van der Waals surface area contributed by atoms with Crippen molar-refractivity contribution in [2.24, 2.45) is 0 Å². The van der Waals surface area contributed by atoms with Crippen molar-refractivity contribution in [2.75, 3.05) is 13.1 Å². The Morgan fingerprint density at radius 2 is 2.05 bits per heavy atom. The van der Waals surface area contributed by atoms with Crippen LogP contribution in [0.1, 0.15) is 52.5 Å². The van der Waals surface area contributed by atoms with Crippen molar-refractivity contribution in [1.29, 1.82) is 0 Å². The molecular weight excluding hydrogens is 304 g/mol. The zero-order valence-corrected chi connectivity index (χ0v) is 15.2. The molecule has 0 saturated carbocycles. The minimum Gasteiger partial charge on any atom is -0.313 e. The van der Waals surface area contributed by atoms with Gasteiger partial charge in [-0.2, -0.15) is 4.31 Å². The van der Waals surface area contributed by atoms with Crippen molar-refractivity contribution in [3.05, 3.63) is 17.0 Å². The van der Waals surface area contributed by atoms with Crippen LogP contribution in [-0.2, 0) is 16.6 Å². The molecule has 0 aliphatic heterocycles. The van der Waals surface area contributed by atoms with Crippen LogP contribution in [0.4, 0.5) is 0 Å². The van der Waals surface area contributed by atoms with Gasteiger partial charge in [0.05, 0.1) is 0 Å². The number of unbranched alkanes of at least 4 members (excludes halogenated alkanes) is 1. The Balaban J connectivity index is 2.96. The molecule has 0 fully saturated rings. The van der Waals surface area contributed by atoms with Crippen molar-refractivity contribution in [3.63, 3.8) is 0 Å². The van der Waals surface area contributed by atoms with E-state index < -0.39 is 10.0 Å². The smallest absolute Gasteiger partial charge is 0.252 e. The Bertz CT molecular complexity index is 511. The molecule has 0 aromatic carbocycles. The van der Waals surface area contributed by atoms with E-state index in [1.807, 2.05) is 32.2 Å². The van der Waals surface area contributed by atoms with E-state index in [9.17, 15) is 8.42 Å². The molecule has 4 nitrogen and oxygen atoms in total. The molecule has 1 unspecified atom stereocenters. The molecule has 1 rings (SSSR count). The number of nitrogens with zero attached hydrogens (tertiary/aromatic N) is 1. The van der Waals surface area contributed by atoms with Gasteiger partial charge in [-0.15, -0.1) is 11.3 Å². The Morgan fingerprint density at radius 3 is 2.62 bits per heavy atom. The number of hydrogen-bond acceptors (Lipinski definition) is 4. The SMILES string of the molecule is CCCCN(C(C)CC)S(=O)(=O)c1cc(CNCC)cs1. The number of nitrogens with one attached hydrogen (secondary N) is 1. The van der Waals surface area contributed by atoms with E-state index in [4.69, 9.17) is 0 Å². The number of hydrogen-bond donors (Lipinski definition) is 1. The summed E-state index contributed by atoms with van der Waals surface area (Å²) in [7, 11) is -3.36. The molecule has 0 spiro atoms. The van der Waals surface area contributed by atoms with E-state index in [0.717, 1.165) is 37.9 Å². The maximum Gasteiger partial charge on any atom is 0.252 e. The second kappa shape index (κ2) is 8.88. The van der Waals surface area contributed by atoms with Crippen LogP contribution in [0.3, 0.4) is 0 Å². The fraction of sp³-hybridized carbons (Fsp3) is 0.733. The van der Waals surface area contributed by atoms with Gasteiger partial charge >= 0.3 is 0 Å². The monoisotopic (exact) mass is 332 g/mol. The van der Waals surface area contributed by atoms with Gasteiger partial charge in [0.25, 0.3) is 10.0 Å². The van der Waals surface area contributed by atoms with Crippen LogP contribution in [0, 0.1) is 0 Å². The third-order valence-corrected chi connectivity index (χ3v) is 7.06. The van der Waals surface area contributed by atoms with E-state index in [2.05, 4.69) is 12.2 Å². The first-order valence-electron chi connectivity index (χ1n) is 7.77. The average Bonchev–Trinajstić information content (AvgIpc) is 2.94. The highest BCUT2D eigenvalue weighted by atomic mass is 32.2. The first kappa shape index (κ1) is 18.6. The summed E-state index contributed by atoms with van der Waals surface area (Å²) in [5.74, 6) is 0. The quantitative estimate of drug-likeness (QED) is 0.714. The van der Waals surface area contributed by atoms with E-state index in [-0.39, 0.29) is 6.04 Å². The van der Waals surface area contributed by atoms with Crippen LogP contribution in [0.2, 0.25) is 0 Å². The van der Waals surface area contributed by atoms with Crippen LogP contribution in [0.25, 0.3) is 0 Å². The van der Waals surface area contributed by atoms with Gasteiger partial charge in [0.2, 0.25) is 0 Å². The van der Waals surface area contributed by atoms with E-state index in [1.54, 1.807) is 4.31 Å². The molecule has 21 heavy (non-hydrogen) atoms. The van der Waals surface area contributed by atoms with Crippen molar-refractivity contribution >= 4 is 21.4 Å². The molecule has 0 aliphatic carbocycles. The average molecular weight is 333 g/mol. The standard InChI is InChI=1S/C15H28N2O2S2/c1-5-8-9-17(13(4)6-2)21(18,19)15-10-14(12-20-15)11-16-7-3/h10,12-13,16H,5-9,11H2,1-4H3. The third-order valence-electron chi connectivity index (χ3n) is 3.59. The fourth-order valence-electron chi connectivity index (χ4n) is 2.06. The molecule has 1 heterocycles. The van der Waals surface area contributed by atoms with Gasteiger partial charge in [-0.05, 0) is 43.3 Å². The summed E-state index contributed by atoms with van der Waals surface area (Å²) in [5.41, 5.74) is 1.04. The fourth-order valence-corrected chi connectivity index (χ4v) is 5.14. The molecular formula is C15H28N2O2S2. The predicted octanol–water partition coefficient (Wildman–Crippen LogP) is 3.45. The lowest BCUT2D eigenvalue weighted by molar-refractivity contribution is 0.325. The number of rotatable bonds is 10. The highest BCUT2D eigenvalue weighted by Gasteiger charge is 2.29. The van der Waals surface area contributed by atoms with Crippen LogP contribution in [0.15, 0.2) is 15.7 Å². The van der Waals surface area contributed by atoms with Gasteiger partial charge in [0.1, 0.15) is 4.21 Å². The van der Waals surface area contributed by atoms with Gasteiger partial charge in [0.15, 0.2) is 0 Å². The first-order chi connectivity index (χ1) is 9.97. The van der Waals surface area contributed by atoms with Gasteiger partial charge in [-0.3, -0.25) is 0 Å². The van der Waals surface area contributed by atoms with Crippen LogP contribution in [-0.4, -0.2) is 31.9 Å². The molecule has 6 heteroatoms. The van der Waals surface area contributed by atoms with Crippen molar-refractivity contribution in [1.82, 2.24) is 9.62 Å². The first-order valence-corrected chi connectivity index (χ1v) is 10.1. The Hall–Kier alpha value is -0.430. The van der Waals surface area contributed by atoms with Crippen molar-refractivity contribution in [3.8, 4) is 0 Å². The topological polar surface area (TPSA) is 49.4 Å². The van der Waals surface area contributed by atoms with E-state index >= 15 is 0 Å². The molecule has 122 valence electrons. The molecule has 1 atom stereocenters. The van der Waals surface area contributed by atoms with Crippen LogP contribution in [0.5, 0.6) is 0 Å². The molecule has 1 N–H and O–H groups in total. The Labute approximate surface area is 133 Å². The second-order valence-electron chi connectivity index (χ2n) is 5.28. The highest BCUT2D eigenvalue weighted by molar-refractivity contribution is 7.91. The van der Waals surface area contributed by atoms with E-state index in [1.165, 1.54) is 11.3 Å². The molecule has 1 aromatic heterocycles. The van der Waals surface area contributed by atoms with Gasteiger partial charge in [0, 0.05) is 19.1 Å². The van der Waals surface area contributed by atoms with Crippen molar-refractivity contribution < 1.29 is 8.42 Å².